The van der Waals surface area contributed by atoms with E-state index in [1.807, 2.05) is 4.90 Å². The first-order valence-electron chi connectivity index (χ1n) is 8.53. The summed E-state index contributed by atoms with van der Waals surface area (Å²) in [5, 5.41) is 5.39. The first-order chi connectivity index (χ1) is 12.2. The van der Waals surface area contributed by atoms with Crippen LogP contribution in [0.25, 0.3) is 0 Å². The Morgan fingerprint density at radius 1 is 1.32 bits per heavy atom. The number of ether oxygens (including phenoxy) is 1. The number of carbonyl (C=O) groups excluding carboxylic acids is 2. The minimum Gasteiger partial charge on any atom is -0.378 e. The zero-order valence-electron chi connectivity index (χ0n) is 14.4. The summed E-state index contributed by atoms with van der Waals surface area (Å²) < 4.78 is 5.33. The van der Waals surface area contributed by atoms with E-state index in [-0.39, 0.29) is 18.2 Å². The molecule has 9 heteroatoms. The molecule has 0 bridgehead atoms. The Hall–Kier alpha value is -2.26. The molecule has 1 aromatic heterocycles. The maximum Gasteiger partial charge on any atom is 0.237 e. The van der Waals surface area contributed by atoms with Crippen LogP contribution in [-0.2, 0) is 20.9 Å². The molecular weight excluding hydrogens is 324 g/mol. The molecular formula is C16H24N6O3. The molecule has 2 aliphatic heterocycles. The lowest BCUT2D eigenvalue weighted by Gasteiger charge is -2.34. The minimum absolute atomic E-state index is 0.110. The third-order valence-electron chi connectivity index (χ3n) is 4.47. The van der Waals surface area contributed by atoms with Crippen molar-refractivity contribution in [3.05, 3.63) is 18.0 Å². The van der Waals surface area contributed by atoms with Crippen LogP contribution in [0.5, 0.6) is 0 Å². The average molecular weight is 348 g/mol. The number of morpholine rings is 1. The van der Waals surface area contributed by atoms with Crippen molar-refractivity contribution in [2.45, 2.75) is 19.0 Å². The van der Waals surface area contributed by atoms with Crippen molar-refractivity contribution >= 4 is 17.8 Å². The molecule has 2 aliphatic rings. The van der Waals surface area contributed by atoms with Crippen molar-refractivity contribution in [3.63, 3.8) is 0 Å². The topological polar surface area (TPSA) is 99.7 Å². The van der Waals surface area contributed by atoms with Crippen LogP contribution < -0.4 is 15.5 Å². The summed E-state index contributed by atoms with van der Waals surface area (Å²) in [5.74, 6) is 0.442. The molecule has 0 radical (unpaired) electrons. The fourth-order valence-electron chi connectivity index (χ4n) is 3.04. The molecule has 1 aromatic rings. The molecule has 0 saturated carbocycles. The first kappa shape index (κ1) is 17.6. The molecule has 2 amide bonds. The highest BCUT2D eigenvalue weighted by molar-refractivity contribution is 5.88. The van der Waals surface area contributed by atoms with E-state index in [1.165, 1.54) is 0 Å². The van der Waals surface area contributed by atoms with Crippen molar-refractivity contribution < 1.29 is 14.3 Å². The number of amides is 2. The van der Waals surface area contributed by atoms with Gasteiger partial charge in [-0.1, -0.05) is 0 Å². The minimum atomic E-state index is -0.465. The summed E-state index contributed by atoms with van der Waals surface area (Å²) in [6, 6.07) is -0.465. The largest absolute Gasteiger partial charge is 0.378 e. The number of aromatic nitrogens is 2. The Bertz CT molecular complexity index is 602. The molecule has 3 heterocycles. The van der Waals surface area contributed by atoms with E-state index < -0.39 is 6.04 Å². The van der Waals surface area contributed by atoms with Crippen molar-refractivity contribution in [1.29, 1.82) is 0 Å². The summed E-state index contributed by atoms with van der Waals surface area (Å²) in [6.07, 6.45) is 3.73. The highest BCUT2D eigenvalue weighted by Gasteiger charge is 2.31. The van der Waals surface area contributed by atoms with Gasteiger partial charge in [-0.2, -0.15) is 0 Å². The van der Waals surface area contributed by atoms with E-state index in [0.717, 1.165) is 18.7 Å². The molecule has 9 nitrogen and oxygen atoms in total. The molecule has 25 heavy (non-hydrogen) atoms. The smallest absolute Gasteiger partial charge is 0.237 e. The van der Waals surface area contributed by atoms with Crippen LogP contribution in [0, 0.1) is 0 Å². The van der Waals surface area contributed by atoms with Crippen LogP contribution in [0.15, 0.2) is 12.4 Å². The standard InChI is InChI=1S/C16H24N6O3/c1-17-14(23)8-13-15(24)18-2-3-22(13)11-12-9-19-16(20-10-12)21-4-6-25-7-5-21/h9-10,13H,2-8,11H2,1H3,(H,17,23)(H,18,24)/t13-/m1/s1. The maximum atomic E-state index is 12.1. The van der Waals surface area contributed by atoms with Gasteiger partial charge in [-0.05, 0) is 0 Å². The van der Waals surface area contributed by atoms with Gasteiger partial charge in [-0.25, -0.2) is 9.97 Å². The van der Waals surface area contributed by atoms with Gasteiger partial charge in [0.15, 0.2) is 0 Å². The lowest BCUT2D eigenvalue weighted by Crippen LogP contribution is -2.56. The zero-order valence-corrected chi connectivity index (χ0v) is 14.4. The predicted molar refractivity (Wildman–Crippen MR) is 91.0 cm³/mol. The van der Waals surface area contributed by atoms with Gasteiger partial charge < -0.3 is 20.3 Å². The van der Waals surface area contributed by atoms with Crippen molar-refractivity contribution in [1.82, 2.24) is 25.5 Å². The highest BCUT2D eigenvalue weighted by Crippen LogP contribution is 2.15. The summed E-state index contributed by atoms with van der Waals surface area (Å²) in [5.41, 5.74) is 0.925. The number of hydrogen-bond donors (Lipinski definition) is 2. The number of hydrogen-bond acceptors (Lipinski definition) is 7. The number of nitrogens with zero attached hydrogens (tertiary/aromatic N) is 4. The zero-order chi connectivity index (χ0) is 17.6. The third kappa shape index (κ3) is 4.43. The second kappa shape index (κ2) is 8.21. The Morgan fingerprint density at radius 2 is 2.04 bits per heavy atom. The van der Waals surface area contributed by atoms with E-state index >= 15 is 0 Å². The van der Waals surface area contributed by atoms with Crippen LogP contribution in [-0.4, -0.2) is 79.2 Å². The lowest BCUT2D eigenvalue weighted by atomic mass is 10.1. The van der Waals surface area contributed by atoms with E-state index in [1.54, 1.807) is 19.4 Å². The molecule has 136 valence electrons. The van der Waals surface area contributed by atoms with E-state index in [0.29, 0.717) is 38.8 Å². The highest BCUT2D eigenvalue weighted by atomic mass is 16.5. The number of rotatable bonds is 5. The molecule has 2 fully saturated rings. The Balaban J connectivity index is 1.64. The number of nitrogens with one attached hydrogen (secondary N) is 2. The SMILES string of the molecule is CNC(=O)C[C@@H]1C(=O)NCCN1Cc1cnc(N2CCOCC2)nc1. The maximum absolute atomic E-state index is 12.1. The number of carbonyl (C=O) groups is 2. The molecule has 0 aliphatic carbocycles. The molecule has 3 rings (SSSR count). The molecule has 0 unspecified atom stereocenters. The van der Waals surface area contributed by atoms with Crippen LogP contribution in [0.1, 0.15) is 12.0 Å². The average Bonchev–Trinajstić information content (AvgIpc) is 2.65. The van der Waals surface area contributed by atoms with Gasteiger partial charge in [0.25, 0.3) is 0 Å². The Kier molecular flexibility index (Phi) is 5.77. The molecule has 0 spiro atoms. The molecule has 2 N–H and O–H groups in total. The summed E-state index contributed by atoms with van der Waals surface area (Å²) in [4.78, 5) is 36.8. The molecule has 1 atom stereocenters. The second-order valence-electron chi connectivity index (χ2n) is 6.15. The lowest BCUT2D eigenvalue weighted by molar-refractivity contribution is -0.134. The first-order valence-corrected chi connectivity index (χ1v) is 8.53. The fraction of sp³-hybridized carbons (Fsp3) is 0.625. The summed E-state index contributed by atoms with van der Waals surface area (Å²) >= 11 is 0. The van der Waals surface area contributed by atoms with E-state index in [4.69, 9.17) is 4.74 Å². The van der Waals surface area contributed by atoms with Gasteiger partial charge in [-0.3, -0.25) is 14.5 Å². The Morgan fingerprint density at radius 3 is 2.72 bits per heavy atom. The van der Waals surface area contributed by atoms with Crippen LogP contribution in [0.4, 0.5) is 5.95 Å². The van der Waals surface area contributed by atoms with Gasteiger partial charge in [0, 0.05) is 57.7 Å². The Labute approximate surface area is 146 Å². The van der Waals surface area contributed by atoms with E-state index in [9.17, 15) is 9.59 Å². The van der Waals surface area contributed by atoms with E-state index in [2.05, 4.69) is 25.5 Å². The van der Waals surface area contributed by atoms with Gasteiger partial charge in [0.2, 0.25) is 17.8 Å². The fourth-order valence-corrected chi connectivity index (χ4v) is 3.04. The summed E-state index contributed by atoms with van der Waals surface area (Å²) in [7, 11) is 1.58. The predicted octanol–water partition coefficient (Wildman–Crippen LogP) is -1.25. The van der Waals surface area contributed by atoms with Gasteiger partial charge in [0.05, 0.1) is 25.7 Å². The molecule has 2 saturated heterocycles. The monoisotopic (exact) mass is 348 g/mol. The van der Waals surface area contributed by atoms with Crippen molar-refractivity contribution in [2.24, 2.45) is 0 Å². The van der Waals surface area contributed by atoms with Crippen LogP contribution >= 0.6 is 0 Å². The quantitative estimate of drug-likeness (QED) is 0.686. The third-order valence-corrected chi connectivity index (χ3v) is 4.47. The van der Waals surface area contributed by atoms with Gasteiger partial charge >= 0.3 is 0 Å². The van der Waals surface area contributed by atoms with Crippen LogP contribution in [0.3, 0.4) is 0 Å². The van der Waals surface area contributed by atoms with Crippen LogP contribution in [0.2, 0.25) is 0 Å². The second-order valence-corrected chi connectivity index (χ2v) is 6.15. The summed E-state index contributed by atoms with van der Waals surface area (Å²) in [6.45, 7) is 4.77. The molecule has 0 aromatic carbocycles. The normalized spacial score (nSPS) is 21.7. The van der Waals surface area contributed by atoms with Crippen molar-refractivity contribution in [2.75, 3.05) is 51.3 Å². The van der Waals surface area contributed by atoms with Gasteiger partial charge in [0.1, 0.15) is 0 Å². The van der Waals surface area contributed by atoms with Crippen molar-refractivity contribution in [3.8, 4) is 0 Å². The van der Waals surface area contributed by atoms with Gasteiger partial charge in [-0.15, -0.1) is 0 Å². The number of piperazine rings is 1. The number of anilines is 1.